The summed E-state index contributed by atoms with van der Waals surface area (Å²) >= 11 is 0. The Hall–Kier alpha value is -2.08. The predicted molar refractivity (Wildman–Crippen MR) is 74.6 cm³/mol. The normalized spacial score (nSPS) is 11.2. The van der Waals surface area contributed by atoms with Crippen LogP contribution in [-0.4, -0.2) is 42.2 Å². The van der Waals surface area contributed by atoms with Gasteiger partial charge in [-0.25, -0.2) is 4.79 Å². The van der Waals surface area contributed by atoms with Crippen LogP contribution in [0.4, 0.5) is 0 Å². The summed E-state index contributed by atoms with van der Waals surface area (Å²) in [4.78, 5) is 25.0. The van der Waals surface area contributed by atoms with Gasteiger partial charge in [0, 0.05) is 13.1 Å². The van der Waals surface area contributed by atoms with E-state index in [9.17, 15) is 9.59 Å². The number of oxazole rings is 1. The summed E-state index contributed by atoms with van der Waals surface area (Å²) < 4.78 is 11.4. The average molecular weight is 278 g/mol. The number of carbonyl (C=O) groups is 1. The SMILES string of the molecule is CCN(CCn1c(=O)oc2ccccc21)CC(=O)OC. The van der Waals surface area contributed by atoms with Crippen LogP contribution < -0.4 is 5.76 Å². The number of methoxy groups -OCH3 is 1. The second-order valence-corrected chi connectivity index (χ2v) is 4.43. The molecule has 0 saturated heterocycles. The van der Waals surface area contributed by atoms with Crippen molar-refractivity contribution in [2.45, 2.75) is 13.5 Å². The van der Waals surface area contributed by atoms with Crippen LogP contribution in [0.1, 0.15) is 6.92 Å². The molecule has 1 aromatic carbocycles. The van der Waals surface area contributed by atoms with Gasteiger partial charge < -0.3 is 9.15 Å². The maximum Gasteiger partial charge on any atom is 0.419 e. The Kier molecular flexibility index (Phi) is 4.57. The first-order valence-corrected chi connectivity index (χ1v) is 6.53. The quantitative estimate of drug-likeness (QED) is 0.740. The third-order valence-corrected chi connectivity index (χ3v) is 3.24. The van der Waals surface area contributed by atoms with Crippen molar-refractivity contribution in [2.24, 2.45) is 0 Å². The highest BCUT2D eigenvalue weighted by atomic mass is 16.5. The van der Waals surface area contributed by atoms with Gasteiger partial charge in [0.05, 0.1) is 19.2 Å². The molecule has 1 aromatic heterocycles. The number of rotatable bonds is 6. The van der Waals surface area contributed by atoms with Crippen molar-refractivity contribution in [2.75, 3.05) is 26.7 Å². The van der Waals surface area contributed by atoms with Crippen molar-refractivity contribution in [3.05, 3.63) is 34.8 Å². The predicted octanol–water partition coefficient (Wildman–Crippen LogP) is 1.09. The standard InChI is InChI=1S/C14H18N2O4/c1-3-15(10-13(17)19-2)8-9-16-11-6-4-5-7-12(11)20-14(16)18/h4-7H,3,8-10H2,1-2H3. The van der Waals surface area contributed by atoms with E-state index in [0.29, 0.717) is 25.2 Å². The lowest BCUT2D eigenvalue weighted by molar-refractivity contribution is -0.141. The summed E-state index contributed by atoms with van der Waals surface area (Å²) in [5.74, 6) is -0.656. The van der Waals surface area contributed by atoms with Gasteiger partial charge in [-0.1, -0.05) is 19.1 Å². The van der Waals surface area contributed by atoms with Gasteiger partial charge in [-0.05, 0) is 18.7 Å². The van der Waals surface area contributed by atoms with E-state index in [1.807, 2.05) is 30.0 Å². The number of para-hydroxylation sites is 2. The minimum Gasteiger partial charge on any atom is -0.468 e. The van der Waals surface area contributed by atoms with E-state index in [4.69, 9.17) is 4.42 Å². The van der Waals surface area contributed by atoms with Crippen LogP contribution in [0.3, 0.4) is 0 Å². The number of esters is 1. The highest BCUT2D eigenvalue weighted by molar-refractivity contribution is 5.72. The molecule has 0 aliphatic heterocycles. The van der Waals surface area contributed by atoms with Crippen molar-refractivity contribution in [3.8, 4) is 0 Å². The summed E-state index contributed by atoms with van der Waals surface area (Å²) in [5, 5.41) is 0. The Morgan fingerprint density at radius 3 is 2.85 bits per heavy atom. The molecule has 1 heterocycles. The molecular formula is C14H18N2O4. The number of likely N-dealkylation sites (N-methyl/N-ethyl adjacent to an activating group) is 1. The van der Waals surface area contributed by atoms with Gasteiger partial charge in [0.15, 0.2) is 5.58 Å². The van der Waals surface area contributed by atoms with Crippen LogP contribution in [0.2, 0.25) is 0 Å². The fourth-order valence-corrected chi connectivity index (χ4v) is 2.06. The molecule has 0 saturated carbocycles. The van der Waals surface area contributed by atoms with Crippen LogP contribution in [-0.2, 0) is 16.1 Å². The van der Waals surface area contributed by atoms with Gasteiger partial charge >= 0.3 is 11.7 Å². The first kappa shape index (κ1) is 14.3. The summed E-state index contributed by atoms with van der Waals surface area (Å²) in [5.41, 5.74) is 1.35. The van der Waals surface area contributed by atoms with Gasteiger partial charge in [-0.15, -0.1) is 0 Å². The third kappa shape index (κ3) is 3.08. The number of ether oxygens (including phenoxy) is 1. The highest BCUT2D eigenvalue weighted by Gasteiger charge is 2.12. The number of nitrogens with zero attached hydrogens (tertiary/aromatic N) is 2. The monoisotopic (exact) mass is 278 g/mol. The Balaban J connectivity index is 2.10. The van der Waals surface area contributed by atoms with E-state index in [0.717, 1.165) is 5.52 Å². The maximum absolute atomic E-state index is 11.8. The van der Waals surface area contributed by atoms with Gasteiger partial charge in [-0.3, -0.25) is 14.3 Å². The van der Waals surface area contributed by atoms with Crippen LogP contribution in [0, 0.1) is 0 Å². The number of aromatic nitrogens is 1. The second kappa shape index (κ2) is 6.38. The largest absolute Gasteiger partial charge is 0.468 e. The highest BCUT2D eigenvalue weighted by Crippen LogP contribution is 2.11. The van der Waals surface area contributed by atoms with E-state index in [-0.39, 0.29) is 18.3 Å². The van der Waals surface area contributed by atoms with Crippen LogP contribution in [0.25, 0.3) is 11.1 Å². The summed E-state index contributed by atoms with van der Waals surface area (Å²) in [6.07, 6.45) is 0. The van der Waals surface area contributed by atoms with Gasteiger partial charge in [0.1, 0.15) is 0 Å². The van der Waals surface area contributed by atoms with Gasteiger partial charge in [0.25, 0.3) is 0 Å². The van der Waals surface area contributed by atoms with Crippen molar-refractivity contribution in [3.63, 3.8) is 0 Å². The third-order valence-electron chi connectivity index (χ3n) is 3.24. The molecule has 0 radical (unpaired) electrons. The number of fused-ring (bicyclic) bond motifs is 1. The molecule has 0 spiro atoms. The average Bonchev–Trinajstić information content (AvgIpc) is 2.78. The second-order valence-electron chi connectivity index (χ2n) is 4.43. The zero-order chi connectivity index (χ0) is 14.5. The fourth-order valence-electron chi connectivity index (χ4n) is 2.06. The van der Waals surface area contributed by atoms with Crippen molar-refractivity contribution < 1.29 is 13.9 Å². The van der Waals surface area contributed by atoms with Gasteiger partial charge in [0.2, 0.25) is 0 Å². The molecule has 0 N–H and O–H groups in total. The number of carbonyl (C=O) groups excluding carboxylic acids is 1. The molecule has 0 bridgehead atoms. The maximum atomic E-state index is 11.8. The van der Waals surface area contributed by atoms with Crippen molar-refractivity contribution >= 4 is 17.1 Å². The minimum absolute atomic E-state index is 0.220. The first-order chi connectivity index (χ1) is 9.65. The summed E-state index contributed by atoms with van der Waals surface area (Å²) in [7, 11) is 1.37. The first-order valence-electron chi connectivity index (χ1n) is 6.53. The molecule has 0 unspecified atom stereocenters. The van der Waals surface area contributed by atoms with Gasteiger partial charge in [-0.2, -0.15) is 0 Å². The van der Waals surface area contributed by atoms with E-state index in [1.165, 1.54) is 7.11 Å². The lowest BCUT2D eigenvalue weighted by Gasteiger charge is -2.18. The van der Waals surface area contributed by atoms with E-state index < -0.39 is 0 Å². The molecule has 6 heteroatoms. The minimum atomic E-state index is -0.375. The zero-order valence-electron chi connectivity index (χ0n) is 11.7. The zero-order valence-corrected chi connectivity index (χ0v) is 11.7. The molecule has 2 aromatic rings. The molecule has 108 valence electrons. The molecule has 6 nitrogen and oxygen atoms in total. The number of hydrogen-bond acceptors (Lipinski definition) is 5. The number of hydrogen-bond donors (Lipinski definition) is 0. The molecule has 0 fully saturated rings. The Labute approximate surface area is 116 Å². The lowest BCUT2D eigenvalue weighted by atomic mass is 10.3. The van der Waals surface area contributed by atoms with Crippen LogP contribution >= 0.6 is 0 Å². The lowest BCUT2D eigenvalue weighted by Crippen LogP contribution is -2.34. The fraction of sp³-hybridized carbons (Fsp3) is 0.429. The van der Waals surface area contributed by atoms with Crippen LogP contribution in [0.5, 0.6) is 0 Å². The molecule has 20 heavy (non-hydrogen) atoms. The number of benzene rings is 1. The molecule has 0 aliphatic carbocycles. The summed E-state index contributed by atoms with van der Waals surface area (Å²) in [6, 6.07) is 7.29. The molecule has 0 aliphatic rings. The van der Waals surface area contributed by atoms with E-state index in [2.05, 4.69) is 4.74 Å². The van der Waals surface area contributed by atoms with E-state index >= 15 is 0 Å². The van der Waals surface area contributed by atoms with Crippen LogP contribution in [0.15, 0.2) is 33.5 Å². The summed E-state index contributed by atoms with van der Waals surface area (Å²) in [6.45, 7) is 3.94. The molecule has 2 rings (SSSR count). The topological polar surface area (TPSA) is 64.7 Å². The molecular weight excluding hydrogens is 260 g/mol. The smallest absolute Gasteiger partial charge is 0.419 e. The molecule has 0 atom stereocenters. The van der Waals surface area contributed by atoms with Crippen molar-refractivity contribution in [1.82, 2.24) is 9.47 Å². The van der Waals surface area contributed by atoms with Crippen molar-refractivity contribution in [1.29, 1.82) is 0 Å². The Bertz CT molecular complexity index is 644. The Morgan fingerprint density at radius 2 is 2.15 bits per heavy atom. The molecule has 0 amide bonds. The van der Waals surface area contributed by atoms with E-state index in [1.54, 1.807) is 10.6 Å². The Morgan fingerprint density at radius 1 is 1.40 bits per heavy atom.